The third-order valence-corrected chi connectivity index (χ3v) is 6.24. The van der Waals surface area contributed by atoms with Gasteiger partial charge in [0.05, 0.1) is 18.8 Å². The van der Waals surface area contributed by atoms with Gasteiger partial charge in [-0.3, -0.25) is 4.79 Å². The maximum absolute atomic E-state index is 12.9. The first-order valence-electron chi connectivity index (χ1n) is 13.8. The zero-order chi connectivity index (χ0) is 31.5. The fourth-order valence-electron chi connectivity index (χ4n) is 4.01. The monoisotopic (exact) mass is 619 g/mol. The number of nitrogens with one attached hydrogen (secondary N) is 3. The molecule has 0 radical (unpaired) electrons. The van der Waals surface area contributed by atoms with Crippen molar-refractivity contribution in [2.45, 2.75) is 44.4 Å². The van der Waals surface area contributed by atoms with Crippen LogP contribution in [0.2, 0.25) is 0 Å². The maximum atomic E-state index is 12.9. The van der Waals surface area contributed by atoms with Gasteiger partial charge in [-0.2, -0.15) is 28.1 Å². The molecule has 16 heteroatoms. The van der Waals surface area contributed by atoms with Crippen LogP contribution in [0.5, 0.6) is 17.5 Å². The van der Waals surface area contributed by atoms with E-state index in [-0.39, 0.29) is 42.9 Å². The minimum Gasteiger partial charge on any atom is -0.494 e. The highest BCUT2D eigenvalue weighted by Gasteiger charge is 2.29. The number of hydrogen-bond acceptors (Lipinski definition) is 11. The number of nitrogens with zero attached hydrogens (tertiary/aromatic N) is 3. The summed E-state index contributed by atoms with van der Waals surface area (Å²) in [4.78, 5) is 36.5. The lowest BCUT2D eigenvalue weighted by atomic mass is 10.1. The summed E-state index contributed by atoms with van der Waals surface area (Å²) in [5.41, 5.74) is 6.69. The number of ether oxygens (including phenoxy) is 3. The molecule has 0 spiro atoms. The quantitative estimate of drug-likeness (QED) is 0.270. The Labute approximate surface area is 250 Å². The topological polar surface area (TPSA) is 183 Å². The fraction of sp³-hybridized carbons (Fsp3) is 0.393. The first-order valence-corrected chi connectivity index (χ1v) is 13.8. The Morgan fingerprint density at radius 1 is 1.00 bits per heavy atom. The number of nitrogens with two attached hydrogens (primary N) is 1. The summed E-state index contributed by atoms with van der Waals surface area (Å²) in [5.74, 6) is -1.38. The highest BCUT2D eigenvalue weighted by molar-refractivity contribution is 5.99. The molecule has 5 rings (SSSR count). The first kappa shape index (κ1) is 32.1. The average Bonchev–Trinajstić information content (AvgIpc) is 2.98. The summed E-state index contributed by atoms with van der Waals surface area (Å²) >= 11 is 0. The van der Waals surface area contributed by atoms with Gasteiger partial charge in [-0.1, -0.05) is 12.1 Å². The van der Waals surface area contributed by atoms with E-state index in [2.05, 4.69) is 30.9 Å². The third kappa shape index (κ3) is 9.86. The molecular formula is C28H32F3N7O6. The van der Waals surface area contributed by atoms with E-state index in [9.17, 15) is 27.9 Å². The number of carbonyl (C=O) groups excluding carboxylic acids is 1. The Morgan fingerprint density at radius 3 is 2.39 bits per heavy atom. The molecule has 236 valence electrons. The normalized spacial score (nSPS) is 14.8. The van der Waals surface area contributed by atoms with Gasteiger partial charge in [0.25, 0.3) is 5.91 Å². The van der Waals surface area contributed by atoms with E-state index in [1.807, 2.05) is 24.3 Å². The van der Waals surface area contributed by atoms with Crippen molar-refractivity contribution < 1.29 is 42.1 Å². The second-order valence-electron chi connectivity index (χ2n) is 9.71. The smallest absolute Gasteiger partial charge is 0.422 e. The van der Waals surface area contributed by atoms with Gasteiger partial charge in [-0.05, 0) is 55.5 Å². The summed E-state index contributed by atoms with van der Waals surface area (Å²) < 4.78 is 55.0. The van der Waals surface area contributed by atoms with Crippen molar-refractivity contribution in [3.05, 3.63) is 53.6 Å². The molecule has 2 aromatic carbocycles. The lowest BCUT2D eigenvalue weighted by molar-refractivity contribution is -0.154. The van der Waals surface area contributed by atoms with Crippen LogP contribution in [-0.2, 0) is 11.3 Å². The number of alkyl halides is 3. The van der Waals surface area contributed by atoms with Crippen LogP contribution in [0.4, 0.5) is 30.8 Å². The Hall–Kier alpha value is -4.86. The molecule has 13 nitrogen and oxygen atoms in total. The number of anilines is 3. The van der Waals surface area contributed by atoms with Crippen molar-refractivity contribution in [2.24, 2.45) is 5.73 Å². The van der Waals surface area contributed by atoms with Gasteiger partial charge in [-0.25, -0.2) is 4.79 Å². The lowest BCUT2D eigenvalue weighted by Gasteiger charge is -2.17. The number of carbonyl (C=O) groups is 2. The van der Waals surface area contributed by atoms with Gasteiger partial charge >= 0.3 is 18.2 Å². The maximum Gasteiger partial charge on any atom is 0.422 e. The molecule has 1 unspecified atom stereocenters. The Balaban J connectivity index is 1.64. The van der Waals surface area contributed by atoms with Crippen LogP contribution < -0.4 is 35.9 Å². The van der Waals surface area contributed by atoms with Crippen molar-refractivity contribution in [3.63, 3.8) is 0 Å². The number of amides is 1. The van der Waals surface area contributed by atoms with Crippen LogP contribution in [0.15, 0.2) is 42.5 Å². The fourth-order valence-corrected chi connectivity index (χ4v) is 4.01. The van der Waals surface area contributed by atoms with Gasteiger partial charge in [-0.15, -0.1) is 0 Å². The van der Waals surface area contributed by atoms with Crippen LogP contribution in [-0.4, -0.2) is 70.5 Å². The third-order valence-electron chi connectivity index (χ3n) is 6.24. The highest BCUT2D eigenvalue weighted by Crippen LogP contribution is 2.27. The molecule has 1 atom stereocenters. The Bertz CT molecular complexity index is 1430. The van der Waals surface area contributed by atoms with Crippen molar-refractivity contribution in [1.29, 1.82) is 0 Å². The Kier molecular flexibility index (Phi) is 11.0. The van der Waals surface area contributed by atoms with E-state index in [1.54, 1.807) is 0 Å². The second kappa shape index (κ2) is 15.0. The molecule has 0 aliphatic carbocycles. The van der Waals surface area contributed by atoms with Crippen LogP contribution in [0.25, 0.3) is 0 Å². The molecule has 44 heavy (non-hydrogen) atoms. The molecular weight excluding hydrogens is 587 g/mol. The molecule has 3 heterocycles. The van der Waals surface area contributed by atoms with E-state index in [1.165, 1.54) is 18.2 Å². The van der Waals surface area contributed by atoms with Crippen LogP contribution >= 0.6 is 0 Å². The summed E-state index contributed by atoms with van der Waals surface area (Å²) in [5, 5.41) is 17.5. The van der Waals surface area contributed by atoms with Gasteiger partial charge in [0.2, 0.25) is 11.9 Å². The van der Waals surface area contributed by atoms with Crippen molar-refractivity contribution in [3.8, 4) is 17.5 Å². The Morgan fingerprint density at radius 2 is 1.70 bits per heavy atom. The molecule has 0 fully saturated rings. The van der Waals surface area contributed by atoms with Gasteiger partial charge in [0.15, 0.2) is 6.61 Å². The standard InChI is InChI=1S/C28H32F3N7O6/c29-28(30,31)16-44-27-37-25-33-15-17-5-8-19(9-6-17)42-11-3-1-2-4-12-43-22-13-18(34-26(36-25)38-27)7-10-20(22)23(39)35-21(14-32)24(40)41/h5-10,13,21H,1-4,11-12,14-16,32H2,(H,35,39)(H,40,41)(H2,33,34,36,37,38). The van der Waals surface area contributed by atoms with Gasteiger partial charge in [0.1, 0.15) is 17.5 Å². The second-order valence-corrected chi connectivity index (χ2v) is 9.71. The SMILES string of the molecule is NCC(NC(=O)c1ccc2cc1OCCCCCCOc1ccc(cc1)CNc1nc(nc(OCC(F)(F)F)n1)N2)C(=O)O. The first-order chi connectivity index (χ1) is 21.1. The predicted molar refractivity (Wildman–Crippen MR) is 152 cm³/mol. The number of fused-ring (bicyclic) bond motifs is 10. The predicted octanol–water partition coefficient (Wildman–Crippen LogP) is 3.64. The minimum atomic E-state index is -4.62. The summed E-state index contributed by atoms with van der Waals surface area (Å²) in [7, 11) is 0. The summed E-state index contributed by atoms with van der Waals surface area (Å²) in [6.07, 6.45) is -1.42. The lowest BCUT2D eigenvalue weighted by Crippen LogP contribution is -2.45. The number of carboxylic acids is 1. The number of halogens is 3. The molecule has 0 saturated carbocycles. The number of rotatable bonds is 6. The van der Waals surface area contributed by atoms with Crippen LogP contribution in [0, 0.1) is 0 Å². The number of benzene rings is 2. The van der Waals surface area contributed by atoms with E-state index in [0.717, 1.165) is 24.8 Å². The van der Waals surface area contributed by atoms with Crippen LogP contribution in [0.1, 0.15) is 41.6 Å². The zero-order valence-corrected chi connectivity index (χ0v) is 23.5. The summed E-state index contributed by atoms with van der Waals surface area (Å²) in [6, 6.07) is 9.79. The van der Waals surface area contributed by atoms with Crippen molar-refractivity contribution >= 4 is 29.5 Å². The largest absolute Gasteiger partial charge is 0.494 e. The molecule has 1 aromatic heterocycles. The van der Waals surface area contributed by atoms with Crippen molar-refractivity contribution in [1.82, 2.24) is 20.3 Å². The number of carboxylic acid groups (broad SMARTS) is 1. The zero-order valence-electron chi connectivity index (χ0n) is 23.5. The number of hydrogen-bond donors (Lipinski definition) is 5. The van der Waals surface area contributed by atoms with E-state index in [0.29, 0.717) is 24.5 Å². The number of aliphatic carboxylic acids is 1. The van der Waals surface area contributed by atoms with Gasteiger partial charge in [0, 0.05) is 24.8 Å². The highest BCUT2D eigenvalue weighted by atomic mass is 19.4. The average molecular weight is 620 g/mol. The summed E-state index contributed by atoms with van der Waals surface area (Å²) in [6.45, 7) is -0.916. The van der Waals surface area contributed by atoms with Crippen molar-refractivity contribution in [2.75, 3.05) is 37.0 Å². The molecule has 1 amide bonds. The molecule has 3 aromatic rings. The van der Waals surface area contributed by atoms with E-state index < -0.39 is 36.7 Å². The van der Waals surface area contributed by atoms with Crippen LogP contribution in [0.3, 0.4) is 0 Å². The van der Waals surface area contributed by atoms with Gasteiger partial charge < -0.3 is 41.0 Å². The van der Waals surface area contributed by atoms with E-state index >= 15 is 0 Å². The minimum absolute atomic E-state index is 0.0544. The molecule has 2 aliphatic rings. The number of aromatic nitrogens is 3. The molecule has 6 N–H and O–H groups in total. The molecule has 2 aliphatic heterocycles. The van der Waals surface area contributed by atoms with E-state index in [4.69, 9.17) is 19.9 Å². The molecule has 6 bridgehead atoms. The molecule has 0 saturated heterocycles.